The lowest BCUT2D eigenvalue weighted by atomic mass is 9.65. The van der Waals surface area contributed by atoms with Gasteiger partial charge in [0.25, 0.3) is 0 Å². The lowest BCUT2D eigenvalue weighted by Crippen LogP contribution is -2.56. The van der Waals surface area contributed by atoms with Crippen LogP contribution in [0.5, 0.6) is 11.8 Å². The van der Waals surface area contributed by atoms with Gasteiger partial charge in [-0.25, -0.2) is 13.9 Å². The predicted octanol–water partition coefficient (Wildman–Crippen LogP) is 9.23. The van der Waals surface area contributed by atoms with Gasteiger partial charge in [-0.15, -0.1) is 6.42 Å². The van der Waals surface area contributed by atoms with Crippen molar-refractivity contribution in [2.75, 3.05) is 44.9 Å². The summed E-state index contributed by atoms with van der Waals surface area (Å²) >= 11 is 0. The Labute approximate surface area is 362 Å². The Hall–Kier alpha value is -5.45. The summed E-state index contributed by atoms with van der Waals surface area (Å²) in [5.74, 6) is 3.79. The number of benzene rings is 3. The summed E-state index contributed by atoms with van der Waals surface area (Å²) in [7, 11) is 2.03. The zero-order valence-electron chi connectivity index (χ0n) is 36.3. The lowest BCUT2D eigenvalue weighted by Gasteiger charge is -2.52. The number of carbonyl (C=O) groups excluding carboxylic acids is 1. The highest BCUT2D eigenvalue weighted by Crippen LogP contribution is 2.54. The molecule has 3 saturated heterocycles. The molecule has 324 valence electrons. The average Bonchev–Trinajstić information content (AvgIpc) is 3.80. The van der Waals surface area contributed by atoms with E-state index in [1.807, 2.05) is 69.9 Å². The fourth-order valence-corrected chi connectivity index (χ4v) is 9.72. The molecule has 5 heterocycles. The first-order valence-electron chi connectivity index (χ1n) is 22.2. The summed E-state index contributed by atoms with van der Waals surface area (Å²) in [5.41, 5.74) is 5.58. The molecule has 10 rings (SSSR count). The van der Waals surface area contributed by atoms with E-state index in [1.165, 1.54) is 0 Å². The highest BCUT2D eigenvalue weighted by atomic mass is 19.1. The van der Waals surface area contributed by atoms with Gasteiger partial charge in [-0.05, 0) is 120 Å². The number of aromatic nitrogens is 4. The number of ether oxygens (including phenoxy) is 5. The first kappa shape index (κ1) is 40.6. The summed E-state index contributed by atoms with van der Waals surface area (Å²) < 4.78 is 49.7. The summed E-state index contributed by atoms with van der Waals surface area (Å²) in [6.07, 6.45) is 14.1. The second-order valence-corrected chi connectivity index (χ2v) is 19.1. The molecule has 2 aliphatic carbocycles. The van der Waals surface area contributed by atoms with E-state index in [2.05, 4.69) is 16.9 Å². The molecule has 12 nitrogen and oxygen atoms in total. The molecule has 2 atom stereocenters. The standard InChI is InChI=1S/C49H55FN6O6/c1-7-30-11-13-31(14-12-30)26-60-44-42(41-29(2)38(50)21-39-37(41)24-51-56(39)40-10-8-9-19-59-40)35(32-15-16-32)20-36-43(44)52-46(61-34-22-49(23-34)27-58-28-49)53-45(36)54(6)33-17-18-55(25-33)47(57)62-48(3,4)5/h1,11-14,20-21,24,32-34,40H,8-10,15-19,22-23,25-28H2,2-6H3/t33-,40?/m1/s1. The molecule has 13 heteroatoms. The Bertz CT molecular complexity index is 2570. The minimum atomic E-state index is -0.605. The number of hydrogen-bond acceptors (Lipinski definition) is 10. The Balaban J connectivity index is 1.16. The number of amides is 1. The molecule has 5 aliphatic rings. The first-order chi connectivity index (χ1) is 29.9. The largest absolute Gasteiger partial charge is 0.486 e. The van der Waals surface area contributed by atoms with Crippen LogP contribution in [0.15, 0.2) is 42.6 Å². The summed E-state index contributed by atoms with van der Waals surface area (Å²) in [4.78, 5) is 27.6. The summed E-state index contributed by atoms with van der Waals surface area (Å²) in [5, 5.41) is 6.47. The third-order valence-corrected chi connectivity index (χ3v) is 13.3. The second kappa shape index (κ2) is 15.7. The number of terminal acetylenes is 1. The SMILES string of the molecule is C#Cc1ccc(COc2c(-c3c(C)c(F)cc4c3cnn4C3CCCCO3)c(C3CC3)cc3c(N(C)[C@@H]4CCN(C(=O)OC(C)(C)C)C4)nc(OC4CC5(COC5)C4)nc23)cc1. The van der Waals surface area contributed by atoms with Gasteiger partial charge in [0.1, 0.15) is 35.5 Å². The number of nitrogens with zero attached hydrogens (tertiary/aromatic N) is 6. The molecule has 62 heavy (non-hydrogen) atoms. The molecule has 0 N–H and O–H groups in total. The van der Waals surface area contributed by atoms with Gasteiger partial charge in [0.05, 0.1) is 24.9 Å². The van der Waals surface area contributed by atoms with Crippen LogP contribution in [-0.2, 0) is 20.8 Å². The van der Waals surface area contributed by atoms with Crippen LogP contribution < -0.4 is 14.4 Å². The number of hydrogen-bond donors (Lipinski definition) is 0. The molecule has 5 fully saturated rings. The third kappa shape index (κ3) is 7.59. The van der Waals surface area contributed by atoms with Crippen molar-refractivity contribution in [2.24, 2.45) is 5.41 Å². The smallest absolute Gasteiger partial charge is 0.410 e. The number of fused-ring (bicyclic) bond motifs is 2. The molecule has 1 unspecified atom stereocenters. The molecule has 1 spiro atoms. The number of halogens is 1. The molecule has 5 aromatic rings. The van der Waals surface area contributed by atoms with Crippen molar-refractivity contribution >= 4 is 33.7 Å². The maximum absolute atomic E-state index is 16.6. The van der Waals surface area contributed by atoms with E-state index >= 15 is 4.39 Å². The molecule has 3 aromatic carbocycles. The molecule has 2 aromatic heterocycles. The average molecular weight is 843 g/mol. The Morgan fingerprint density at radius 3 is 2.52 bits per heavy atom. The normalized spacial score (nSPS) is 21.1. The predicted molar refractivity (Wildman–Crippen MR) is 234 cm³/mol. The van der Waals surface area contributed by atoms with Gasteiger partial charge in [0, 0.05) is 71.7 Å². The van der Waals surface area contributed by atoms with E-state index in [0.29, 0.717) is 47.9 Å². The first-order valence-corrected chi connectivity index (χ1v) is 22.2. The molecule has 2 saturated carbocycles. The minimum Gasteiger partial charge on any atom is -0.486 e. The Morgan fingerprint density at radius 2 is 1.84 bits per heavy atom. The highest BCUT2D eigenvalue weighted by Gasteiger charge is 2.51. The topological polar surface area (TPSA) is 113 Å². The van der Waals surface area contributed by atoms with Gasteiger partial charge in [-0.2, -0.15) is 15.1 Å². The molecular formula is C49H55FN6O6. The van der Waals surface area contributed by atoms with E-state index in [-0.39, 0.29) is 54.2 Å². The number of anilines is 1. The van der Waals surface area contributed by atoms with Crippen molar-refractivity contribution in [3.8, 4) is 35.2 Å². The zero-order valence-corrected chi connectivity index (χ0v) is 36.3. The van der Waals surface area contributed by atoms with Gasteiger partial charge in [0.15, 0.2) is 12.0 Å². The van der Waals surface area contributed by atoms with E-state index in [9.17, 15) is 4.79 Å². The molecule has 1 amide bonds. The van der Waals surface area contributed by atoms with Crippen molar-refractivity contribution in [3.05, 3.63) is 70.7 Å². The van der Waals surface area contributed by atoms with Crippen LogP contribution in [0.25, 0.3) is 32.9 Å². The number of likely N-dealkylation sites (N-methyl/N-ethyl adjacent to an activating group) is 1. The van der Waals surface area contributed by atoms with Crippen LogP contribution in [-0.4, -0.2) is 88.4 Å². The van der Waals surface area contributed by atoms with Crippen LogP contribution in [0.1, 0.15) is 107 Å². The maximum Gasteiger partial charge on any atom is 0.410 e. The van der Waals surface area contributed by atoms with Crippen molar-refractivity contribution in [1.29, 1.82) is 0 Å². The minimum absolute atomic E-state index is 0.0615. The maximum atomic E-state index is 16.6. The van der Waals surface area contributed by atoms with E-state index in [0.717, 1.165) is 103 Å². The van der Waals surface area contributed by atoms with Crippen molar-refractivity contribution in [1.82, 2.24) is 24.6 Å². The summed E-state index contributed by atoms with van der Waals surface area (Å²) in [6.45, 7) is 10.8. The summed E-state index contributed by atoms with van der Waals surface area (Å²) in [6, 6.07) is 11.7. The van der Waals surface area contributed by atoms with Gasteiger partial charge in [0.2, 0.25) is 0 Å². The number of likely N-dealkylation sites (tertiary alicyclic amines) is 1. The van der Waals surface area contributed by atoms with Crippen molar-refractivity contribution < 1.29 is 32.9 Å². The quantitative estimate of drug-likeness (QED) is 0.126. The Kier molecular flexibility index (Phi) is 10.3. The van der Waals surface area contributed by atoms with Crippen LogP contribution in [0.2, 0.25) is 0 Å². The molecule has 0 bridgehead atoms. The van der Waals surface area contributed by atoms with Crippen molar-refractivity contribution in [2.45, 2.75) is 116 Å². The molecule has 0 radical (unpaired) electrons. The van der Waals surface area contributed by atoms with Crippen LogP contribution >= 0.6 is 0 Å². The van der Waals surface area contributed by atoms with Gasteiger partial charge >= 0.3 is 12.1 Å². The number of rotatable bonds is 10. The van der Waals surface area contributed by atoms with Gasteiger partial charge in [-0.3, -0.25) is 0 Å². The monoisotopic (exact) mass is 842 g/mol. The lowest BCUT2D eigenvalue weighted by molar-refractivity contribution is -0.192. The fourth-order valence-electron chi connectivity index (χ4n) is 9.72. The molecule has 3 aliphatic heterocycles. The van der Waals surface area contributed by atoms with E-state index in [1.54, 1.807) is 11.0 Å². The van der Waals surface area contributed by atoms with E-state index < -0.39 is 5.60 Å². The zero-order chi connectivity index (χ0) is 42.9. The third-order valence-electron chi connectivity index (χ3n) is 13.3. The second-order valence-electron chi connectivity index (χ2n) is 19.1. The van der Waals surface area contributed by atoms with E-state index in [4.69, 9.17) is 45.2 Å². The highest BCUT2D eigenvalue weighted by molar-refractivity contribution is 6.06. The van der Waals surface area contributed by atoms with Gasteiger partial charge in [-0.1, -0.05) is 18.1 Å². The van der Waals surface area contributed by atoms with Crippen LogP contribution in [0, 0.1) is 30.5 Å². The van der Waals surface area contributed by atoms with Crippen LogP contribution in [0.4, 0.5) is 15.0 Å². The Morgan fingerprint density at radius 1 is 1.05 bits per heavy atom. The van der Waals surface area contributed by atoms with Gasteiger partial charge < -0.3 is 33.5 Å². The number of carbonyl (C=O) groups is 1. The molecular weight excluding hydrogens is 788 g/mol. The fraction of sp³-hybridized carbons (Fsp3) is 0.510. The van der Waals surface area contributed by atoms with Crippen molar-refractivity contribution in [3.63, 3.8) is 0 Å². The van der Waals surface area contributed by atoms with Crippen LogP contribution in [0.3, 0.4) is 0 Å².